The van der Waals surface area contributed by atoms with Gasteiger partial charge in [0, 0.05) is 45.4 Å². The number of H-pyrrole nitrogens is 1. The fourth-order valence-corrected chi connectivity index (χ4v) is 5.96. The molecule has 10 heteroatoms. The molecule has 3 N–H and O–H groups in total. The standard InChI is InChI=1S/C32H35FN6O3/c1-19(34)18-32(30-35-31(42)39(36-30)25-12-10-24(33)11-13-25)26-14-8-22(28(40)37(2)3)16-20(26)6-7-21-17-23(9-15-27(21)32)29(41)38(4)5/h8-17,19H,6-7,18,34H2,1-5H3,(H,35,36,42)/t19-/m0/s1. The van der Waals surface area contributed by atoms with Crippen molar-refractivity contribution in [2.45, 2.75) is 37.6 Å². The molecule has 1 atom stereocenters. The summed E-state index contributed by atoms with van der Waals surface area (Å²) in [4.78, 5) is 45.3. The van der Waals surface area contributed by atoms with Crippen LogP contribution in [0.3, 0.4) is 0 Å². The van der Waals surface area contributed by atoms with Crippen molar-refractivity contribution in [3.63, 3.8) is 0 Å². The van der Waals surface area contributed by atoms with Crippen LogP contribution in [-0.2, 0) is 18.3 Å². The maximum Gasteiger partial charge on any atom is 0.348 e. The van der Waals surface area contributed by atoms with Crippen LogP contribution >= 0.6 is 0 Å². The maximum atomic E-state index is 13.7. The molecule has 1 aliphatic carbocycles. The normalized spacial score (nSPS) is 14.4. The van der Waals surface area contributed by atoms with Gasteiger partial charge in [-0.25, -0.2) is 9.18 Å². The summed E-state index contributed by atoms with van der Waals surface area (Å²) >= 11 is 0. The molecule has 0 aliphatic heterocycles. The van der Waals surface area contributed by atoms with Crippen LogP contribution in [0, 0.1) is 5.82 Å². The van der Waals surface area contributed by atoms with Gasteiger partial charge >= 0.3 is 5.69 Å². The number of amides is 2. The zero-order valence-electron chi connectivity index (χ0n) is 24.4. The third kappa shape index (κ3) is 5.02. The first-order valence-electron chi connectivity index (χ1n) is 13.8. The van der Waals surface area contributed by atoms with Crippen molar-refractivity contribution in [2.75, 3.05) is 28.2 Å². The van der Waals surface area contributed by atoms with E-state index in [1.807, 2.05) is 31.2 Å². The van der Waals surface area contributed by atoms with E-state index in [0.29, 0.717) is 41.9 Å². The lowest BCUT2D eigenvalue weighted by Crippen LogP contribution is -2.38. The molecule has 0 bridgehead atoms. The van der Waals surface area contributed by atoms with E-state index in [0.717, 1.165) is 22.3 Å². The fourth-order valence-electron chi connectivity index (χ4n) is 5.96. The minimum atomic E-state index is -1.01. The highest BCUT2D eigenvalue weighted by Gasteiger charge is 2.45. The Morgan fingerprint density at radius 2 is 1.43 bits per heavy atom. The first-order valence-corrected chi connectivity index (χ1v) is 13.8. The summed E-state index contributed by atoms with van der Waals surface area (Å²) in [6.45, 7) is 1.90. The Bertz CT molecular complexity index is 1650. The van der Waals surface area contributed by atoms with Gasteiger partial charge in [-0.05, 0) is 97.0 Å². The number of aromatic amines is 1. The molecular weight excluding hydrogens is 535 g/mol. The highest BCUT2D eigenvalue weighted by molar-refractivity contribution is 5.95. The van der Waals surface area contributed by atoms with E-state index >= 15 is 0 Å². The Balaban J connectivity index is 1.82. The van der Waals surface area contributed by atoms with Gasteiger partial charge in [0.15, 0.2) is 0 Å². The highest BCUT2D eigenvalue weighted by atomic mass is 19.1. The van der Waals surface area contributed by atoms with Crippen molar-refractivity contribution < 1.29 is 14.0 Å². The molecule has 1 heterocycles. The Morgan fingerprint density at radius 3 is 1.88 bits per heavy atom. The van der Waals surface area contributed by atoms with Crippen LogP contribution in [0.15, 0.2) is 65.5 Å². The number of aryl methyl sites for hydroxylation is 2. The average Bonchev–Trinajstić information content (AvgIpc) is 3.29. The van der Waals surface area contributed by atoms with Crippen molar-refractivity contribution in [2.24, 2.45) is 5.73 Å². The SMILES string of the molecule is C[C@H](N)CC1(c2nn(-c3ccc(F)cc3)c(=O)[nH]2)c2ccc(C(=O)N(C)C)cc2CCc2cc(C(=O)N(C)C)ccc21. The van der Waals surface area contributed by atoms with Crippen molar-refractivity contribution in [3.8, 4) is 5.69 Å². The van der Waals surface area contributed by atoms with E-state index in [4.69, 9.17) is 10.8 Å². The number of hydrogen-bond acceptors (Lipinski definition) is 5. The number of rotatable bonds is 6. The van der Waals surface area contributed by atoms with Gasteiger partial charge in [0.05, 0.1) is 11.1 Å². The number of nitrogens with zero attached hydrogens (tertiary/aromatic N) is 4. The molecule has 9 nitrogen and oxygen atoms in total. The molecule has 2 amide bonds. The molecule has 0 spiro atoms. The number of nitrogens with two attached hydrogens (primary N) is 1. The molecule has 1 aliphatic rings. The zero-order valence-corrected chi connectivity index (χ0v) is 24.4. The molecule has 4 aromatic rings. The summed E-state index contributed by atoms with van der Waals surface area (Å²) < 4.78 is 14.9. The minimum absolute atomic E-state index is 0.120. The van der Waals surface area contributed by atoms with Crippen molar-refractivity contribution in [1.29, 1.82) is 0 Å². The second kappa shape index (κ2) is 11.0. The number of aromatic nitrogens is 3. The van der Waals surface area contributed by atoms with Crippen molar-refractivity contribution in [3.05, 3.63) is 116 Å². The monoisotopic (exact) mass is 570 g/mol. The van der Waals surface area contributed by atoms with Crippen LogP contribution in [0.25, 0.3) is 5.69 Å². The van der Waals surface area contributed by atoms with Crippen LogP contribution in [0.1, 0.15) is 62.1 Å². The third-order valence-electron chi connectivity index (χ3n) is 7.82. The number of carbonyl (C=O) groups excluding carboxylic acids is 2. The molecule has 5 rings (SSSR count). The lowest BCUT2D eigenvalue weighted by atomic mass is 9.68. The fraction of sp³-hybridized carbons (Fsp3) is 0.312. The number of fused-ring (bicyclic) bond motifs is 2. The van der Waals surface area contributed by atoms with Crippen molar-refractivity contribution in [1.82, 2.24) is 24.6 Å². The van der Waals surface area contributed by atoms with Gasteiger partial charge in [0.2, 0.25) is 0 Å². The summed E-state index contributed by atoms with van der Waals surface area (Å²) in [5.74, 6) is -0.291. The molecule has 0 unspecified atom stereocenters. The second-order valence-electron chi connectivity index (χ2n) is 11.4. The predicted molar refractivity (Wildman–Crippen MR) is 159 cm³/mol. The summed E-state index contributed by atoms with van der Waals surface area (Å²) in [5.41, 5.74) is 10.2. The quantitative estimate of drug-likeness (QED) is 0.369. The summed E-state index contributed by atoms with van der Waals surface area (Å²) in [6.07, 6.45) is 1.57. The van der Waals surface area contributed by atoms with E-state index in [1.165, 1.54) is 38.7 Å². The first kappa shape index (κ1) is 28.9. The lowest BCUT2D eigenvalue weighted by molar-refractivity contribution is 0.0820. The predicted octanol–water partition coefficient (Wildman–Crippen LogP) is 3.27. The smallest absolute Gasteiger partial charge is 0.345 e. The molecule has 0 fully saturated rings. The van der Waals surface area contributed by atoms with E-state index < -0.39 is 16.9 Å². The third-order valence-corrected chi connectivity index (χ3v) is 7.82. The van der Waals surface area contributed by atoms with Crippen LogP contribution in [-0.4, -0.2) is 70.6 Å². The van der Waals surface area contributed by atoms with E-state index in [-0.39, 0.29) is 17.9 Å². The van der Waals surface area contributed by atoms with Crippen LogP contribution in [0.4, 0.5) is 4.39 Å². The second-order valence-corrected chi connectivity index (χ2v) is 11.4. The average molecular weight is 571 g/mol. The van der Waals surface area contributed by atoms with Gasteiger partial charge in [-0.2, -0.15) is 4.68 Å². The Kier molecular flexibility index (Phi) is 7.59. The van der Waals surface area contributed by atoms with Gasteiger partial charge in [-0.1, -0.05) is 12.1 Å². The molecule has 0 radical (unpaired) electrons. The number of nitrogens with one attached hydrogen (secondary N) is 1. The van der Waals surface area contributed by atoms with Crippen molar-refractivity contribution >= 4 is 11.8 Å². The molecular formula is C32H35FN6O3. The Labute approximate surface area is 243 Å². The largest absolute Gasteiger partial charge is 0.348 e. The van der Waals surface area contributed by atoms with Gasteiger partial charge < -0.3 is 15.5 Å². The lowest BCUT2D eigenvalue weighted by Gasteiger charge is -2.36. The summed E-state index contributed by atoms with van der Waals surface area (Å²) in [6, 6.07) is 16.5. The summed E-state index contributed by atoms with van der Waals surface area (Å²) in [5, 5.41) is 4.79. The van der Waals surface area contributed by atoms with E-state index in [9.17, 15) is 18.8 Å². The Morgan fingerprint density at radius 1 is 0.929 bits per heavy atom. The minimum Gasteiger partial charge on any atom is -0.345 e. The molecule has 3 aromatic carbocycles. The highest BCUT2D eigenvalue weighted by Crippen LogP contribution is 2.47. The van der Waals surface area contributed by atoms with E-state index in [1.54, 1.807) is 40.3 Å². The van der Waals surface area contributed by atoms with Gasteiger partial charge in [-0.15, -0.1) is 5.10 Å². The van der Waals surface area contributed by atoms with Crippen LogP contribution < -0.4 is 11.4 Å². The number of halogens is 1. The number of hydrogen-bond donors (Lipinski definition) is 2. The number of benzene rings is 3. The van der Waals surface area contributed by atoms with Gasteiger partial charge in [0.25, 0.3) is 11.8 Å². The Hall–Kier alpha value is -4.57. The molecule has 218 valence electrons. The maximum absolute atomic E-state index is 13.7. The van der Waals surface area contributed by atoms with Crippen LogP contribution in [0.5, 0.6) is 0 Å². The van der Waals surface area contributed by atoms with Gasteiger partial charge in [0.1, 0.15) is 11.6 Å². The van der Waals surface area contributed by atoms with Crippen LogP contribution in [0.2, 0.25) is 0 Å². The molecule has 1 aromatic heterocycles. The van der Waals surface area contributed by atoms with Gasteiger partial charge in [-0.3, -0.25) is 14.6 Å². The molecule has 0 saturated heterocycles. The summed E-state index contributed by atoms with van der Waals surface area (Å²) in [7, 11) is 6.83. The topological polar surface area (TPSA) is 117 Å². The number of carbonyl (C=O) groups is 2. The zero-order chi connectivity index (χ0) is 30.3. The molecule has 0 saturated carbocycles. The first-order chi connectivity index (χ1) is 19.9. The molecule has 42 heavy (non-hydrogen) atoms. The van der Waals surface area contributed by atoms with E-state index in [2.05, 4.69) is 4.98 Å².